The topological polar surface area (TPSA) is 34.4 Å². The molecule has 1 aromatic heterocycles. The first kappa shape index (κ1) is 15.4. The van der Waals surface area contributed by atoms with Crippen LogP contribution in [0.3, 0.4) is 0 Å². The van der Waals surface area contributed by atoms with Crippen molar-refractivity contribution < 1.29 is 9.15 Å². The van der Waals surface area contributed by atoms with E-state index in [2.05, 4.69) is 31.0 Å². The minimum Gasteiger partial charge on any atom is -0.489 e. The third-order valence-corrected chi connectivity index (χ3v) is 3.47. The van der Waals surface area contributed by atoms with Crippen molar-refractivity contribution in [1.29, 1.82) is 0 Å². The van der Waals surface area contributed by atoms with Crippen LogP contribution in [0, 0.1) is 13.8 Å². The third kappa shape index (κ3) is 3.99. The Balaban J connectivity index is 2.02. The van der Waals surface area contributed by atoms with E-state index in [-0.39, 0.29) is 6.04 Å². The van der Waals surface area contributed by atoms with Gasteiger partial charge in [0.1, 0.15) is 23.9 Å². The van der Waals surface area contributed by atoms with E-state index in [0.29, 0.717) is 6.61 Å². The Morgan fingerprint density at radius 1 is 1.33 bits per heavy atom. The zero-order valence-corrected chi connectivity index (χ0v) is 13.0. The molecule has 1 N–H and O–H groups in total. The molecule has 112 valence electrons. The Morgan fingerprint density at radius 2 is 2.10 bits per heavy atom. The molecule has 21 heavy (non-hydrogen) atoms. The van der Waals surface area contributed by atoms with Gasteiger partial charge < -0.3 is 14.5 Å². The predicted octanol–water partition coefficient (Wildman–Crippen LogP) is 4.31. The molecule has 0 bridgehead atoms. The fourth-order valence-corrected chi connectivity index (χ4v) is 2.39. The lowest BCUT2D eigenvalue weighted by molar-refractivity contribution is 0.357. The number of ether oxygens (including phenoxy) is 1. The zero-order chi connectivity index (χ0) is 15.2. The van der Waals surface area contributed by atoms with Crippen molar-refractivity contribution in [3.63, 3.8) is 0 Å². The highest BCUT2D eigenvalue weighted by Gasteiger charge is 2.13. The van der Waals surface area contributed by atoms with Crippen LogP contribution in [0.4, 0.5) is 0 Å². The van der Waals surface area contributed by atoms with Gasteiger partial charge in [-0.25, -0.2) is 0 Å². The second-order valence-corrected chi connectivity index (χ2v) is 5.18. The molecule has 3 heteroatoms. The molecule has 3 nitrogen and oxygen atoms in total. The Morgan fingerprint density at radius 3 is 2.76 bits per heavy atom. The highest BCUT2D eigenvalue weighted by Crippen LogP contribution is 2.23. The molecule has 0 aliphatic rings. The lowest BCUT2D eigenvalue weighted by atomic mass is 10.1. The number of nitrogens with one attached hydrogen (secondary N) is 1. The standard InChI is InChI=1S/C18H23NO2/c1-5-10-20-18-9-7-6-8-16(18)12-19-14(3)17-11-13(2)21-15(17)4/h5-9,11,14,19H,1,10,12H2,2-4H3. The smallest absolute Gasteiger partial charge is 0.124 e. The maximum absolute atomic E-state index is 5.68. The van der Waals surface area contributed by atoms with Gasteiger partial charge >= 0.3 is 0 Å². The molecule has 0 aliphatic carbocycles. The van der Waals surface area contributed by atoms with E-state index in [4.69, 9.17) is 9.15 Å². The van der Waals surface area contributed by atoms with Crippen molar-refractivity contribution >= 4 is 0 Å². The Labute approximate surface area is 126 Å². The van der Waals surface area contributed by atoms with Crippen molar-refractivity contribution in [3.05, 3.63) is 65.6 Å². The molecular weight excluding hydrogens is 262 g/mol. The molecule has 1 atom stereocenters. The number of aryl methyl sites for hydroxylation is 2. The fraction of sp³-hybridized carbons (Fsp3) is 0.333. The van der Waals surface area contributed by atoms with Crippen LogP contribution in [0.25, 0.3) is 0 Å². The highest BCUT2D eigenvalue weighted by atomic mass is 16.5. The van der Waals surface area contributed by atoms with E-state index in [9.17, 15) is 0 Å². The summed E-state index contributed by atoms with van der Waals surface area (Å²) in [6, 6.07) is 10.4. The number of para-hydroxylation sites is 1. The van der Waals surface area contributed by atoms with E-state index in [1.807, 2.05) is 32.0 Å². The van der Waals surface area contributed by atoms with Gasteiger partial charge in [0.05, 0.1) is 0 Å². The molecule has 0 fully saturated rings. The van der Waals surface area contributed by atoms with E-state index in [1.165, 1.54) is 5.56 Å². The van der Waals surface area contributed by atoms with Gasteiger partial charge in [-0.1, -0.05) is 30.9 Å². The molecule has 2 rings (SSSR count). The van der Waals surface area contributed by atoms with Crippen LogP contribution in [0.1, 0.15) is 35.6 Å². The van der Waals surface area contributed by atoms with Crippen molar-refractivity contribution in [2.75, 3.05) is 6.61 Å². The number of furan rings is 1. The summed E-state index contributed by atoms with van der Waals surface area (Å²) in [5.74, 6) is 2.83. The molecular formula is C18H23NO2. The SMILES string of the molecule is C=CCOc1ccccc1CNC(C)c1cc(C)oc1C. The molecule has 1 aromatic carbocycles. The van der Waals surface area contributed by atoms with Gasteiger partial charge in [0, 0.05) is 23.7 Å². The van der Waals surface area contributed by atoms with Gasteiger partial charge in [-0.2, -0.15) is 0 Å². The lowest BCUT2D eigenvalue weighted by Crippen LogP contribution is -2.18. The average molecular weight is 285 g/mol. The fourth-order valence-electron chi connectivity index (χ4n) is 2.39. The second kappa shape index (κ2) is 7.14. The summed E-state index contributed by atoms with van der Waals surface area (Å²) in [5.41, 5.74) is 2.35. The third-order valence-electron chi connectivity index (χ3n) is 3.47. The van der Waals surface area contributed by atoms with Crippen LogP contribution < -0.4 is 10.1 Å². The molecule has 0 aliphatic heterocycles. The summed E-state index contributed by atoms with van der Waals surface area (Å²) in [7, 11) is 0. The van der Waals surface area contributed by atoms with Crippen molar-refractivity contribution in [3.8, 4) is 5.75 Å². The molecule has 2 aromatic rings. The average Bonchev–Trinajstić information content (AvgIpc) is 2.82. The van der Waals surface area contributed by atoms with E-state index in [1.54, 1.807) is 6.08 Å². The first-order valence-corrected chi connectivity index (χ1v) is 7.23. The molecule has 0 spiro atoms. The van der Waals surface area contributed by atoms with Crippen LogP contribution >= 0.6 is 0 Å². The summed E-state index contributed by atoms with van der Waals surface area (Å²) in [6.45, 7) is 11.1. The Hall–Kier alpha value is -2.00. The first-order valence-electron chi connectivity index (χ1n) is 7.23. The van der Waals surface area contributed by atoms with Gasteiger partial charge in [-0.3, -0.25) is 0 Å². The van der Waals surface area contributed by atoms with Gasteiger partial charge in [-0.05, 0) is 32.9 Å². The number of hydrogen-bond acceptors (Lipinski definition) is 3. The van der Waals surface area contributed by atoms with Gasteiger partial charge in [0.25, 0.3) is 0 Å². The predicted molar refractivity (Wildman–Crippen MR) is 85.6 cm³/mol. The van der Waals surface area contributed by atoms with E-state index < -0.39 is 0 Å². The maximum atomic E-state index is 5.68. The van der Waals surface area contributed by atoms with Gasteiger partial charge in [-0.15, -0.1) is 0 Å². The van der Waals surface area contributed by atoms with Crippen LogP contribution in [-0.2, 0) is 6.54 Å². The van der Waals surface area contributed by atoms with Crippen LogP contribution in [0.15, 0.2) is 47.4 Å². The monoisotopic (exact) mass is 285 g/mol. The maximum Gasteiger partial charge on any atom is 0.124 e. The quantitative estimate of drug-likeness (QED) is 0.770. The molecule has 0 amide bonds. The van der Waals surface area contributed by atoms with Gasteiger partial charge in [0.15, 0.2) is 0 Å². The minimum absolute atomic E-state index is 0.231. The summed E-state index contributed by atoms with van der Waals surface area (Å²) in [4.78, 5) is 0. The van der Waals surface area contributed by atoms with Crippen molar-refractivity contribution in [1.82, 2.24) is 5.32 Å². The number of hydrogen-bond donors (Lipinski definition) is 1. The first-order chi connectivity index (χ1) is 10.1. The minimum atomic E-state index is 0.231. The number of rotatable bonds is 7. The largest absolute Gasteiger partial charge is 0.489 e. The zero-order valence-electron chi connectivity index (χ0n) is 13.0. The number of benzene rings is 1. The second-order valence-electron chi connectivity index (χ2n) is 5.18. The van der Waals surface area contributed by atoms with Crippen LogP contribution in [-0.4, -0.2) is 6.61 Å². The van der Waals surface area contributed by atoms with Crippen LogP contribution in [0.5, 0.6) is 5.75 Å². The summed E-state index contributed by atoms with van der Waals surface area (Å²) >= 11 is 0. The molecule has 0 saturated carbocycles. The molecule has 1 heterocycles. The Bertz CT molecular complexity index is 601. The highest BCUT2D eigenvalue weighted by molar-refractivity contribution is 5.33. The molecule has 0 saturated heterocycles. The van der Waals surface area contributed by atoms with Crippen molar-refractivity contribution in [2.45, 2.75) is 33.4 Å². The normalized spacial score (nSPS) is 12.1. The van der Waals surface area contributed by atoms with Crippen molar-refractivity contribution in [2.24, 2.45) is 0 Å². The van der Waals surface area contributed by atoms with Crippen LogP contribution in [0.2, 0.25) is 0 Å². The lowest BCUT2D eigenvalue weighted by Gasteiger charge is -2.15. The summed E-state index contributed by atoms with van der Waals surface area (Å²) < 4.78 is 11.3. The summed E-state index contributed by atoms with van der Waals surface area (Å²) in [5, 5.41) is 3.52. The van der Waals surface area contributed by atoms with E-state index in [0.717, 1.165) is 29.4 Å². The van der Waals surface area contributed by atoms with E-state index >= 15 is 0 Å². The molecule has 1 unspecified atom stereocenters. The Kier molecular flexibility index (Phi) is 5.23. The summed E-state index contributed by atoms with van der Waals surface area (Å²) in [6.07, 6.45) is 1.75. The van der Waals surface area contributed by atoms with Gasteiger partial charge in [0.2, 0.25) is 0 Å². The molecule has 0 radical (unpaired) electrons.